The van der Waals surface area contributed by atoms with Gasteiger partial charge in [-0.3, -0.25) is 9.10 Å². The molecule has 0 bridgehead atoms. The number of benzene rings is 2. The van der Waals surface area contributed by atoms with E-state index in [-0.39, 0.29) is 11.7 Å². The van der Waals surface area contributed by atoms with Crippen molar-refractivity contribution in [3.05, 3.63) is 58.6 Å². The van der Waals surface area contributed by atoms with Gasteiger partial charge in [0.25, 0.3) is 5.91 Å². The summed E-state index contributed by atoms with van der Waals surface area (Å²) in [6, 6.07) is 11.9. The van der Waals surface area contributed by atoms with Crippen molar-refractivity contribution < 1.29 is 13.2 Å². The van der Waals surface area contributed by atoms with Crippen LogP contribution in [0.3, 0.4) is 0 Å². The molecule has 0 spiro atoms. The van der Waals surface area contributed by atoms with Crippen molar-refractivity contribution in [3.8, 4) is 0 Å². The molecular weight excluding hydrogens is 360 g/mol. The zero-order valence-corrected chi connectivity index (χ0v) is 15.4. The Morgan fingerprint density at radius 2 is 1.84 bits per heavy atom. The Hall–Kier alpha value is -2.05. The normalized spacial score (nSPS) is 16.5. The first kappa shape index (κ1) is 17.8. The van der Waals surface area contributed by atoms with Gasteiger partial charge >= 0.3 is 0 Å². The van der Waals surface area contributed by atoms with E-state index >= 15 is 0 Å². The summed E-state index contributed by atoms with van der Waals surface area (Å²) in [7, 11) is -3.25. The van der Waals surface area contributed by atoms with Gasteiger partial charge in [-0.05, 0) is 61.7 Å². The van der Waals surface area contributed by atoms with E-state index in [4.69, 9.17) is 11.6 Å². The Kier molecular flexibility index (Phi) is 5.01. The first-order chi connectivity index (χ1) is 11.9. The van der Waals surface area contributed by atoms with Gasteiger partial charge in [0.2, 0.25) is 10.0 Å². The van der Waals surface area contributed by atoms with E-state index in [0.717, 1.165) is 12.0 Å². The SMILES string of the molecule is Cc1ccc(Cl)cc1NC(=O)c1ccc(N2CCCCS2(=O)=O)cc1. The Bertz CT molecular complexity index is 895. The molecule has 1 aliphatic rings. The standard InChI is InChI=1S/C18H19ClN2O3S/c1-13-4-7-15(19)12-17(13)20-18(22)14-5-8-16(9-6-14)21-10-2-3-11-25(21,23)24/h4-9,12H,2-3,10-11H2,1H3,(H,20,22). The van der Waals surface area contributed by atoms with Gasteiger partial charge in [0.15, 0.2) is 0 Å². The molecule has 0 aliphatic carbocycles. The Morgan fingerprint density at radius 1 is 1.12 bits per heavy atom. The predicted octanol–water partition coefficient (Wildman–Crippen LogP) is 3.83. The number of carbonyl (C=O) groups excluding carboxylic acids is 1. The molecule has 0 saturated carbocycles. The topological polar surface area (TPSA) is 66.5 Å². The summed E-state index contributed by atoms with van der Waals surface area (Å²) < 4.78 is 25.7. The molecule has 1 heterocycles. The monoisotopic (exact) mass is 378 g/mol. The Balaban J connectivity index is 1.78. The lowest BCUT2D eigenvalue weighted by Crippen LogP contribution is -2.37. The highest BCUT2D eigenvalue weighted by Crippen LogP contribution is 2.25. The number of amides is 1. The van der Waals surface area contributed by atoms with Crippen LogP contribution in [0.25, 0.3) is 0 Å². The summed E-state index contributed by atoms with van der Waals surface area (Å²) >= 11 is 5.97. The van der Waals surface area contributed by atoms with Gasteiger partial charge in [-0.25, -0.2) is 8.42 Å². The van der Waals surface area contributed by atoms with Gasteiger partial charge < -0.3 is 5.32 Å². The molecule has 7 heteroatoms. The number of halogens is 1. The molecule has 0 atom stereocenters. The van der Waals surface area contributed by atoms with Crippen molar-refractivity contribution in [1.29, 1.82) is 0 Å². The van der Waals surface area contributed by atoms with E-state index in [2.05, 4.69) is 5.32 Å². The largest absolute Gasteiger partial charge is 0.322 e. The number of carbonyl (C=O) groups is 1. The number of aryl methyl sites for hydroxylation is 1. The summed E-state index contributed by atoms with van der Waals surface area (Å²) in [4.78, 5) is 12.4. The van der Waals surface area contributed by atoms with Crippen molar-refractivity contribution in [1.82, 2.24) is 0 Å². The fraction of sp³-hybridized carbons (Fsp3) is 0.278. The smallest absolute Gasteiger partial charge is 0.255 e. The second kappa shape index (κ2) is 7.06. The number of nitrogens with zero attached hydrogens (tertiary/aromatic N) is 1. The number of anilines is 2. The fourth-order valence-corrected chi connectivity index (χ4v) is 4.59. The molecule has 0 unspecified atom stereocenters. The average molecular weight is 379 g/mol. The maximum absolute atomic E-state index is 12.4. The zero-order chi connectivity index (χ0) is 18.0. The first-order valence-corrected chi connectivity index (χ1v) is 10.0. The lowest BCUT2D eigenvalue weighted by Gasteiger charge is -2.28. The van der Waals surface area contributed by atoms with Gasteiger partial charge in [0.05, 0.1) is 11.4 Å². The lowest BCUT2D eigenvalue weighted by atomic mass is 10.1. The molecule has 25 heavy (non-hydrogen) atoms. The molecule has 0 aromatic heterocycles. The molecular formula is C18H19ClN2O3S. The molecule has 1 N–H and O–H groups in total. The van der Waals surface area contributed by atoms with E-state index in [1.54, 1.807) is 36.4 Å². The summed E-state index contributed by atoms with van der Waals surface area (Å²) in [5.74, 6) is -0.0954. The van der Waals surface area contributed by atoms with Gasteiger partial charge in [0.1, 0.15) is 0 Å². The molecule has 3 rings (SSSR count). The maximum atomic E-state index is 12.4. The third kappa shape index (κ3) is 3.96. The highest BCUT2D eigenvalue weighted by Gasteiger charge is 2.26. The van der Waals surface area contributed by atoms with Gasteiger partial charge in [-0.2, -0.15) is 0 Å². The van der Waals surface area contributed by atoms with Crippen LogP contribution in [0.2, 0.25) is 5.02 Å². The van der Waals surface area contributed by atoms with Gasteiger partial charge in [-0.1, -0.05) is 17.7 Å². The van der Waals surface area contributed by atoms with Crippen molar-refractivity contribution in [2.24, 2.45) is 0 Å². The number of nitrogens with one attached hydrogen (secondary N) is 1. The Morgan fingerprint density at radius 3 is 2.52 bits per heavy atom. The summed E-state index contributed by atoms with van der Waals surface area (Å²) in [5, 5.41) is 3.38. The summed E-state index contributed by atoms with van der Waals surface area (Å²) in [5.41, 5.74) is 2.61. The van der Waals surface area contributed by atoms with E-state index in [0.29, 0.717) is 34.9 Å². The van der Waals surface area contributed by atoms with Crippen LogP contribution in [0, 0.1) is 6.92 Å². The summed E-state index contributed by atoms with van der Waals surface area (Å²) in [6.45, 7) is 2.37. The zero-order valence-electron chi connectivity index (χ0n) is 13.8. The second-order valence-electron chi connectivity index (χ2n) is 6.06. The van der Waals surface area contributed by atoms with Gasteiger partial charge in [0, 0.05) is 22.8 Å². The van der Waals surface area contributed by atoms with Crippen molar-refractivity contribution in [3.63, 3.8) is 0 Å². The van der Waals surface area contributed by atoms with Crippen LogP contribution in [0.1, 0.15) is 28.8 Å². The first-order valence-electron chi connectivity index (χ1n) is 8.05. The molecule has 1 fully saturated rings. The maximum Gasteiger partial charge on any atom is 0.255 e. The van der Waals surface area contributed by atoms with Crippen molar-refractivity contribution >= 4 is 38.9 Å². The van der Waals surface area contributed by atoms with Crippen molar-refractivity contribution in [2.75, 3.05) is 21.9 Å². The molecule has 0 radical (unpaired) electrons. The number of hydrogen-bond donors (Lipinski definition) is 1. The van der Waals surface area contributed by atoms with Crippen LogP contribution in [-0.2, 0) is 10.0 Å². The van der Waals surface area contributed by atoms with E-state index < -0.39 is 10.0 Å². The number of sulfonamides is 1. The third-order valence-corrected chi connectivity index (χ3v) is 6.32. The van der Waals surface area contributed by atoms with Crippen LogP contribution >= 0.6 is 11.6 Å². The Labute approximate surface area is 152 Å². The fourth-order valence-electron chi connectivity index (χ4n) is 2.78. The van der Waals surface area contributed by atoms with Crippen LogP contribution < -0.4 is 9.62 Å². The summed E-state index contributed by atoms with van der Waals surface area (Å²) in [6.07, 6.45) is 1.54. The second-order valence-corrected chi connectivity index (χ2v) is 8.50. The van der Waals surface area contributed by atoms with Gasteiger partial charge in [-0.15, -0.1) is 0 Å². The molecule has 1 amide bonds. The molecule has 5 nitrogen and oxygen atoms in total. The van der Waals surface area contributed by atoms with E-state index in [1.165, 1.54) is 4.31 Å². The third-order valence-electron chi connectivity index (χ3n) is 4.21. The van der Waals surface area contributed by atoms with Crippen LogP contribution in [0.15, 0.2) is 42.5 Å². The minimum atomic E-state index is -3.25. The lowest BCUT2D eigenvalue weighted by molar-refractivity contribution is 0.102. The molecule has 1 aliphatic heterocycles. The van der Waals surface area contributed by atoms with E-state index in [1.807, 2.05) is 13.0 Å². The molecule has 132 valence electrons. The van der Waals surface area contributed by atoms with Crippen LogP contribution in [-0.4, -0.2) is 26.6 Å². The highest BCUT2D eigenvalue weighted by molar-refractivity contribution is 7.92. The number of rotatable bonds is 3. The quantitative estimate of drug-likeness (QED) is 0.882. The minimum Gasteiger partial charge on any atom is -0.322 e. The molecule has 2 aromatic rings. The van der Waals surface area contributed by atoms with Crippen LogP contribution in [0.4, 0.5) is 11.4 Å². The minimum absolute atomic E-state index is 0.170. The van der Waals surface area contributed by atoms with E-state index in [9.17, 15) is 13.2 Å². The van der Waals surface area contributed by atoms with Crippen molar-refractivity contribution in [2.45, 2.75) is 19.8 Å². The van der Waals surface area contributed by atoms with Crippen LogP contribution in [0.5, 0.6) is 0 Å². The number of hydrogen-bond acceptors (Lipinski definition) is 3. The predicted molar refractivity (Wildman–Crippen MR) is 101 cm³/mol. The molecule has 2 aromatic carbocycles. The highest BCUT2D eigenvalue weighted by atomic mass is 35.5. The molecule has 1 saturated heterocycles. The average Bonchev–Trinajstić information content (AvgIpc) is 2.58.